The van der Waals surface area contributed by atoms with Gasteiger partial charge in [-0.25, -0.2) is 10.8 Å². The fraction of sp³-hybridized carbons (Fsp3) is 0.667. The molecule has 0 bridgehead atoms. The molecule has 1 heterocycles. The summed E-state index contributed by atoms with van der Waals surface area (Å²) < 4.78 is 0. The number of anilines is 2. The van der Waals surface area contributed by atoms with Crippen molar-refractivity contribution in [2.45, 2.75) is 31.2 Å². The summed E-state index contributed by atoms with van der Waals surface area (Å²) >= 11 is 6.09. The van der Waals surface area contributed by atoms with Gasteiger partial charge in [0.1, 0.15) is 5.02 Å². The summed E-state index contributed by atoms with van der Waals surface area (Å²) in [6.45, 7) is 0.820. The van der Waals surface area contributed by atoms with E-state index in [-0.39, 0.29) is 5.54 Å². The average Bonchev–Trinajstić information content (AvgIpc) is 2.88. The molecule has 0 radical (unpaired) electrons. The summed E-state index contributed by atoms with van der Waals surface area (Å²) in [5.74, 6) is 6.29. The number of nitrogens with one attached hydrogen (secondary N) is 2. The molecule has 1 fully saturated rings. The van der Waals surface area contributed by atoms with Crippen LogP contribution < -0.4 is 16.6 Å². The largest absolute Gasteiger partial charge is 0.367 e. The molecule has 19 heavy (non-hydrogen) atoms. The van der Waals surface area contributed by atoms with Crippen LogP contribution in [0.3, 0.4) is 0 Å². The lowest BCUT2D eigenvalue weighted by Crippen LogP contribution is -2.47. The lowest BCUT2D eigenvalue weighted by Gasteiger charge is -2.36. The molecule has 4 N–H and O–H groups in total. The van der Waals surface area contributed by atoms with Crippen molar-refractivity contribution in [2.75, 3.05) is 31.4 Å². The maximum atomic E-state index is 6.09. The predicted molar refractivity (Wildman–Crippen MR) is 78.2 cm³/mol. The van der Waals surface area contributed by atoms with Gasteiger partial charge in [-0.15, -0.1) is 0 Å². The van der Waals surface area contributed by atoms with Crippen molar-refractivity contribution in [2.24, 2.45) is 5.84 Å². The molecule has 1 aliphatic rings. The van der Waals surface area contributed by atoms with Gasteiger partial charge in [-0.05, 0) is 26.9 Å². The highest BCUT2D eigenvalue weighted by atomic mass is 35.5. The summed E-state index contributed by atoms with van der Waals surface area (Å²) in [5.41, 5.74) is 2.61. The van der Waals surface area contributed by atoms with Gasteiger partial charge >= 0.3 is 0 Å². The number of nitrogen functional groups attached to an aromatic ring is 1. The number of halogens is 1. The number of aromatic nitrogens is 2. The third-order valence-electron chi connectivity index (χ3n) is 3.94. The van der Waals surface area contributed by atoms with Crippen molar-refractivity contribution in [1.29, 1.82) is 0 Å². The Hall–Kier alpha value is -1.11. The number of likely N-dealkylation sites (N-methyl/N-ethyl adjacent to an activating group) is 1. The van der Waals surface area contributed by atoms with Crippen LogP contribution in [-0.2, 0) is 0 Å². The van der Waals surface area contributed by atoms with Crippen LogP contribution in [0.2, 0.25) is 5.02 Å². The molecule has 1 saturated carbocycles. The van der Waals surface area contributed by atoms with Gasteiger partial charge in [-0.1, -0.05) is 24.4 Å². The quantitative estimate of drug-likeness (QED) is 0.564. The molecule has 0 aromatic carbocycles. The van der Waals surface area contributed by atoms with Gasteiger partial charge < -0.3 is 10.2 Å². The third-order valence-corrected chi connectivity index (χ3v) is 4.22. The van der Waals surface area contributed by atoms with Crippen molar-refractivity contribution < 1.29 is 0 Å². The van der Waals surface area contributed by atoms with Gasteiger partial charge in [0, 0.05) is 12.1 Å². The standard InChI is InChI=1S/C12H21ClN6/c1-19(2)12(5-3-4-6-12)8-16-10-9(13)7-15-11(17-10)18-14/h7H,3-6,8,14H2,1-2H3,(H2,15,16,17,18). The Morgan fingerprint density at radius 3 is 2.68 bits per heavy atom. The van der Waals surface area contributed by atoms with E-state index in [0.717, 1.165) is 6.54 Å². The van der Waals surface area contributed by atoms with E-state index >= 15 is 0 Å². The van der Waals surface area contributed by atoms with E-state index in [1.54, 1.807) is 6.20 Å². The Balaban J connectivity index is 2.09. The van der Waals surface area contributed by atoms with Crippen LogP contribution >= 0.6 is 11.6 Å². The number of hydrogen-bond donors (Lipinski definition) is 3. The monoisotopic (exact) mass is 284 g/mol. The first-order chi connectivity index (χ1) is 9.07. The van der Waals surface area contributed by atoms with Gasteiger partial charge in [0.15, 0.2) is 5.82 Å². The van der Waals surface area contributed by atoms with E-state index in [0.29, 0.717) is 16.8 Å². The SMILES string of the molecule is CN(C)C1(CNc2nc(NN)ncc2Cl)CCCC1. The first-order valence-corrected chi connectivity index (χ1v) is 6.86. The van der Waals surface area contributed by atoms with Crippen LogP contribution in [0, 0.1) is 0 Å². The Labute approximate surface area is 118 Å². The first-order valence-electron chi connectivity index (χ1n) is 6.48. The Bertz CT molecular complexity index is 430. The third kappa shape index (κ3) is 3.08. The summed E-state index contributed by atoms with van der Waals surface area (Å²) in [7, 11) is 4.25. The van der Waals surface area contributed by atoms with Crippen molar-refractivity contribution in [3.8, 4) is 0 Å². The van der Waals surface area contributed by atoms with Crippen LogP contribution in [-0.4, -0.2) is 41.0 Å². The molecule has 0 saturated heterocycles. The second-order valence-electron chi connectivity index (χ2n) is 5.21. The normalized spacial score (nSPS) is 17.7. The molecular weight excluding hydrogens is 264 g/mol. The molecule has 1 aromatic rings. The molecule has 106 valence electrons. The molecular formula is C12H21ClN6. The van der Waals surface area contributed by atoms with Gasteiger partial charge in [-0.2, -0.15) is 4.98 Å². The van der Waals surface area contributed by atoms with Crippen LogP contribution in [0.15, 0.2) is 6.20 Å². The minimum absolute atomic E-state index is 0.185. The van der Waals surface area contributed by atoms with Gasteiger partial charge in [0.2, 0.25) is 5.95 Å². The Morgan fingerprint density at radius 2 is 2.11 bits per heavy atom. The van der Waals surface area contributed by atoms with Crippen molar-refractivity contribution in [1.82, 2.24) is 14.9 Å². The van der Waals surface area contributed by atoms with E-state index < -0.39 is 0 Å². The van der Waals surface area contributed by atoms with Crippen LogP contribution in [0.4, 0.5) is 11.8 Å². The number of rotatable bonds is 5. The van der Waals surface area contributed by atoms with Gasteiger partial charge in [0.25, 0.3) is 0 Å². The van der Waals surface area contributed by atoms with Crippen molar-refractivity contribution >= 4 is 23.4 Å². The summed E-state index contributed by atoms with van der Waals surface area (Å²) in [6.07, 6.45) is 6.47. The summed E-state index contributed by atoms with van der Waals surface area (Å²) in [4.78, 5) is 10.5. The fourth-order valence-electron chi connectivity index (χ4n) is 2.62. The van der Waals surface area contributed by atoms with E-state index in [1.165, 1.54) is 25.7 Å². The molecule has 0 unspecified atom stereocenters. The molecule has 7 heteroatoms. The van der Waals surface area contributed by atoms with E-state index in [9.17, 15) is 0 Å². The smallest absolute Gasteiger partial charge is 0.239 e. The number of hydrogen-bond acceptors (Lipinski definition) is 6. The number of hydrazine groups is 1. The summed E-state index contributed by atoms with van der Waals surface area (Å²) in [5, 5.41) is 3.84. The molecule has 1 aliphatic carbocycles. The molecule has 0 atom stereocenters. The average molecular weight is 285 g/mol. The number of nitrogens with zero attached hydrogens (tertiary/aromatic N) is 3. The van der Waals surface area contributed by atoms with Gasteiger partial charge in [-0.3, -0.25) is 5.43 Å². The Morgan fingerprint density at radius 1 is 1.42 bits per heavy atom. The maximum Gasteiger partial charge on any atom is 0.239 e. The zero-order valence-corrected chi connectivity index (χ0v) is 12.2. The lowest BCUT2D eigenvalue weighted by atomic mass is 9.96. The van der Waals surface area contributed by atoms with Crippen LogP contribution in [0.5, 0.6) is 0 Å². The number of nitrogens with two attached hydrogens (primary N) is 1. The zero-order chi connectivity index (χ0) is 13.9. The fourth-order valence-corrected chi connectivity index (χ4v) is 2.78. The molecule has 1 aromatic heterocycles. The molecule has 0 amide bonds. The topological polar surface area (TPSA) is 79.1 Å². The van der Waals surface area contributed by atoms with Crippen LogP contribution in [0.25, 0.3) is 0 Å². The van der Waals surface area contributed by atoms with E-state index in [4.69, 9.17) is 17.4 Å². The van der Waals surface area contributed by atoms with Crippen molar-refractivity contribution in [3.05, 3.63) is 11.2 Å². The Kier molecular flexibility index (Phi) is 4.44. The molecule has 0 aliphatic heterocycles. The van der Waals surface area contributed by atoms with E-state index in [1.807, 2.05) is 0 Å². The minimum atomic E-state index is 0.185. The lowest BCUT2D eigenvalue weighted by molar-refractivity contribution is 0.172. The maximum absolute atomic E-state index is 6.09. The second kappa shape index (κ2) is 5.90. The summed E-state index contributed by atoms with van der Waals surface area (Å²) in [6, 6.07) is 0. The molecule has 6 nitrogen and oxygen atoms in total. The highest BCUT2D eigenvalue weighted by Gasteiger charge is 2.35. The zero-order valence-electron chi connectivity index (χ0n) is 11.4. The molecule has 0 spiro atoms. The minimum Gasteiger partial charge on any atom is -0.367 e. The van der Waals surface area contributed by atoms with Crippen LogP contribution in [0.1, 0.15) is 25.7 Å². The first kappa shape index (κ1) is 14.3. The van der Waals surface area contributed by atoms with Crippen molar-refractivity contribution in [3.63, 3.8) is 0 Å². The highest BCUT2D eigenvalue weighted by Crippen LogP contribution is 2.34. The highest BCUT2D eigenvalue weighted by molar-refractivity contribution is 6.32. The molecule has 2 rings (SSSR count). The predicted octanol–water partition coefficient (Wildman–Crippen LogP) is 1.70. The van der Waals surface area contributed by atoms with E-state index in [2.05, 4.69) is 39.7 Å². The van der Waals surface area contributed by atoms with Gasteiger partial charge in [0.05, 0.1) is 6.20 Å². The second-order valence-corrected chi connectivity index (χ2v) is 5.62.